The van der Waals surface area contributed by atoms with Gasteiger partial charge in [0.05, 0.1) is 0 Å². The van der Waals surface area contributed by atoms with E-state index < -0.39 is 0 Å². The fourth-order valence-electron chi connectivity index (χ4n) is 2.21. The molecule has 0 spiro atoms. The lowest BCUT2D eigenvalue weighted by molar-refractivity contribution is 0.254. The van der Waals surface area contributed by atoms with Crippen molar-refractivity contribution < 1.29 is 4.74 Å². The predicted octanol–water partition coefficient (Wildman–Crippen LogP) is 0.628. The molecule has 0 aromatic carbocycles. The van der Waals surface area contributed by atoms with Crippen molar-refractivity contribution in [3.8, 4) is 17.0 Å². The molecule has 8 nitrogen and oxygen atoms in total. The Balaban J connectivity index is 1.81. The molecule has 3 aromatic heterocycles. The van der Waals surface area contributed by atoms with E-state index >= 15 is 0 Å². The summed E-state index contributed by atoms with van der Waals surface area (Å²) in [7, 11) is 4.01. The fourth-order valence-corrected chi connectivity index (χ4v) is 2.21. The van der Waals surface area contributed by atoms with Crippen molar-refractivity contribution in [1.82, 2.24) is 29.5 Å². The number of fused-ring (bicyclic) bond motifs is 1. The van der Waals surface area contributed by atoms with Crippen molar-refractivity contribution in [3.05, 3.63) is 36.5 Å². The number of hydrogen-bond acceptors (Lipinski definition) is 7. The lowest BCUT2D eigenvalue weighted by Gasteiger charge is -2.11. The molecule has 0 aliphatic carbocycles. The van der Waals surface area contributed by atoms with Gasteiger partial charge in [-0.2, -0.15) is 4.98 Å². The predicted molar refractivity (Wildman–Crippen MR) is 90.8 cm³/mol. The minimum Gasteiger partial charge on any atom is -0.476 e. The molecule has 3 heterocycles. The average molecular weight is 327 g/mol. The highest BCUT2D eigenvalue weighted by molar-refractivity contribution is 5.63. The van der Waals surface area contributed by atoms with E-state index in [-0.39, 0.29) is 0 Å². The molecule has 3 aromatic rings. The Kier molecular flexibility index (Phi) is 4.97. The summed E-state index contributed by atoms with van der Waals surface area (Å²) >= 11 is 0. The molecule has 126 valence electrons. The van der Waals surface area contributed by atoms with Gasteiger partial charge in [-0.1, -0.05) is 0 Å². The molecule has 0 aliphatic rings. The Hall–Kier alpha value is -2.58. The highest BCUT2D eigenvalue weighted by Crippen LogP contribution is 2.21. The van der Waals surface area contributed by atoms with E-state index in [1.807, 2.05) is 32.4 Å². The Morgan fingerprint density at radius 3 is 2.92 bits per heavy atom. The highest BCUT2D eigenvalue weighted by atomic mass is 16.5. The number of likely N-dealkylation sites (N-methyl/N-ethyl adjacent to an activating group) is 1. The number of pyridine rings is 1. The third-order valence-electron chi connectivity index (χ3n) is 3.46. The molecular formula is C16H21N7O. The summed E-state index contributed by atoms with van der Waals surface area (Å²) in [6.45, 7) is 1.94. The molecule has 0 bridgehead atoms. The minimum atomic E-state index is 0.516. The molecule has 0 saturated heterocycles. The maximum atomic E-state index is 5.68. The van der Waals surface area contributed by atoms with Crippen molar-refractivity contribution in [2.45, 2.75) is 6.42 Å². The molecule has 0 aliphatic heterocycles. The first-order chi connectivity index (χ1) is 11.7. The molecule has 0 atom stereocenters. The van der Waals surface area contributed by atoms with Crippen LogP contribution in [0.25, 0.3) is 16.9 Å². The number of aromatic nitrogens is 5. The Labute approximate surface area is 140 Å². The van der Waals surface area contributed by atoms with Crippen LogP contribution in [0, 0.1) is 0 Å². The Morgan fingerprint density at radius 1 is 1.25 bits per heavy atom. The zero-order chi connectivity index (χ0) is 16.9. The topological polar surface area (TPSA) is 94.5 Å². The molecule has 0 radical (unpaired) electrons. The van der Waals surface area contributed by atoms with E-state index in [1.54, 1.807) is 16.9 Å². The van der Waals surface area contributed by atoms with Gasteiger partial charge in [-0.25, -0.2) is 14.5 Å². The second-order valence-corrected chi connectivity index (χ2v) is 5.69. The van der Waals surface area contributed by atoms with Crippen LogP contribution < -0.4 is 10.5 Å². The maximum Gasteiger partial charge on any atom is 0.252 e. The molecule has 0 saturated carbocycles. The summed E-state index contributed by atoms with van der Waals surface area (Å²) in [5, 5.41) is 4.39. The van der Waals surface area contributed by atoms with E-state index in [1.165, 1.54) is 0 Å². The number of hydrogen-bond donors (Lipinski definition) is 1. The third-order valence-corrected chi connectivity index (χ3v) is 3.46. The molecular weight excluding hydrogens is 306 g/mol. The summed E-state index contributed by atoms with van der Waals surface area (Å²) in [6.07, 6.45) is 6.03. The monoisotopic (exact) mass is 327 g/mol. The molecule has 0 unspecified atom stereocenters. The maximum absolute atomic E-state index is 5.68. The van der Waals surface area contributed by atoms with E-state index in [0.29, 0.717) is 37.1 Å². The van der Waals surface area contributed by atoms with E-state index in [2.05, 4.69) is 25.0 Å². The van der Waals surface area contributed by atoms with Gasteiger partial charge in [0.1, 0.15) is 6.61 Å². The molecule has 0 fully saturated rings. The largest absolute Gasteiger partial charge is 0.476 e. The van der Waals surface area contributed by atoms with Crippen molar-refractivity contribution >= 4 is 5.78 Å². The van der Waals surface area contributed by atoms with Gasteiger partial charge >= 0.3 is 0 Å². The first-order valence-electron chi connectivity index (χ1n) is 7.81. The Bertz CT molecular complexity index is 815. The average Bonchev–Trinajstić information content (AvgIpc) is 2.96. The van der Waals surface area contributed by atoms with Crippen LogP contribution in [0.5, 0.6) is 5.88 Å². The third kappa shape index (κ3) is 3.84. The van der Waals surface area contributed by atoms with Crippen molar-refractivity contribution in [3.63, 3.8) is 0 Å². The quantitative estimate of drug-likeness (QED) is 0.680. The van der Waals surface area contributed by atoms with Crippen molar-refractivity contribution in [2.75, 3.05) is 33.8 Å². The van der Waals surface area contributed by atoms with Crippen LogP contribution >= 0.6 is 0 Å². The van der Waals surface area contributed by atoms with Gasteiger partial charge in [0.25, 0.3) is 5.78 Å². The van der Waals surface area contributed by atoms with Gasteiger partial charge in [0, 0.05) is 43.2 Å². The van der Waals surface area contributed by atoms with Crippen LogP contribution in [0.1, 0.15) is 5.82 Å². The van der Waals surface area contributed by atoms with Gasteiger partial charge in [0.2, 0.25) is 5.88 Å². The van der Waals surface area contributed by atoms with Crippen molar-refractivity contribution in [1.29, 1.82) is 0 Å². The van der Waals surface area contributed by atoms with Gasteiger partial charge in [-0.05, 0) is 32.3 Å². The molecule has 0 amide bonds. The summed E-state index contributed by atoms with van der Waals surface area (Å²) in [5.41, 5.74) is 7.44. The lowest BCUT2D eigenvalue weighted by atomic mass is 10.1. The molecule has 8 heteroatoms. The summed E-state index contributed by atoms with van der Waals surface area (Å²) in [4.78, 5) is 15.0. The highest BCUT2D eigenvalue weighted by Gasteiger charge is 2.07. The van der Waals surface area contributed by atoms with Gasteiger partial charge < -0.3 is 15.4 Å². The standard InChI is InChI=1S/C16H21N7O/c1-22(2)7-8-24-15-9-12(4-6-18-15)13-10-19-16-20-14(3-5-17)21-23(16)11-13/h4,6,9-11H,3,5,7-8,17H2,1-2H3. The van der Waals surface area contributed by atoms with Crippen LogP contribution in [0.2, 0.25) is 0 Å². The van der Waals surface area contributed by atoms with Crippen LogP contribution in [-0.4, -0.2) is 63.3 Å². The van der Waals surface area contributed by atoms with Gasteiger partial charge in [0.15, 0.2) is 5.82 Å². The molecule has 2 N–H and O–H groups in total. The number of nitrogens with zero attached hydrogens (tertiary/aromatic N) is 6. The summed E-state index contributed by atoms with van der Waals surface area (Å²) in [5.74, 6) is 1.86. The first-order valence-corrected chi connectivity index (χ1v) is 7.81. The second kappa shape index (κ2) is 7.33. The Morgan fingerprint density at radius 2 is 2.12 bits per heavy atom. The smallest absolute Gasteiger partial charge is 0.252 e. The minimum absolute atomic E-state index is 0.516. The van der Waals surface area contributed by atoms with Gasteiger partial charge in [-0.15, -0.1) is 5.10 Å². The van der Waals surface area contributed by atoms with E-state index in [4.69, 9.17) is 10.5 Å². The fraction of sp³-hybridized carbons (Fsp3) is 0.375. The lowest BCUT2D eigenvalue weighted by Crippen LogP contribution is -2.19. The summed E-state index contributed by atoms with van der Waals surface area (Å²) < 4.78 is 7.35. The van der Waals surface area contributed by atoms with Crippen molar-refractivity contribution in [2.24, 2.45) is 5.73 Å². The van der Waals surface area contributed by atoms with Crippen LogP contribution in [0.3, 0.4) is 0 Å². The first kappa shape index (κ1) is 16.3. The molecule has 3 rings (SSSR count). The van der Waals surface area contributed by atoms with E-state index in [9.17, 15) is 0 Å². The molecule has 24 heavy (non-hydrogen) atoms. The number of ether oxygens (including phenoxy) is 1. The normalized spacial score (nSPS) is 11.3. The van der Waals surface area contributed by atoms with Gasteiger partial charge in [-0.3, -0.25) is 0 Å². The SMILES string of the molecule is CN(C)CCOc1cc(-c2cnc3nc(CCN)nn3c2)ccn1. The zero-order valence-electron chi connectivity index (χ0n) is 13.9. The zero-order valence-corrected chi connectivity index (χ0v) is 13.9. The number of rotatable bonds is 7. The summed E-state index contributed by atoms with van der Waals surface area (Å²) in [6, 6.07) is 3.82. The van der Waals surface area contributed by atoms with Crippen LogP contribution in [0.4, 0.5) is 0 Å². The second-order valence-electron chi connectivity index (χ2n) is 5.69. The van der Waals surface area contributed by atoms with Crippen LogP contribution in [0.15, 0.2) is 30.7 Å². The van der Waals surface area contributed by atoms with Crippen LogP contribution in [-0.2, 0) is 6.42 Å². The number of nitrogens with two attached hydrogens (primary N) is 1. The van der Waals surface area contributed by atoms with E-state index in [0.717, 1.165) is 17.7 Å².